The van der Waals surface area contributed by atoms with Gasteiger partial charge in [-0.25, -0.2) is 63.1 Å². The molecule has 0 radical (unpaired) electrons. The smallest absolute Gasteiger partial charge is 0 e. The molecule has 0 saturated carbocycles. The van der Waals surface area contributed by atoms with Gasteiger partial charge in [0.1, 0.15) is 0 Å². The molecule has 0 rings (SSSR count). The molecule has 0 aliphatic carbocycles. The first kappa shape index (κ1) is 93.5. The summed E-state index contributed by atoms with van der Waals surface area (Å²) < 4.78 is 0. The molecule has 0 aromatic carbocycles. The second-order valence-electron chi connectivity index (χ2n) is 0.896. The van der Waals surface area contributed by atoms with Gasteiger partial charge in [-0.3, -0.25) is 0 Å². The van der Waals surface area contributed by atoms with Crippen LogP contribution >= 0.6 is 0 Å². The maximum Gasteiger partial charge on any atom is 0 e. The minimum Gasteiger partial charge on any atom is -0.412 e. The molecule has 0 heterocycles. The van der Waals surface area contributed by atoms with Crippen molar-refractivity contribution >= 4 is 0 Å². The summed E-state index contributed by atoms with van der Waals surface area (Å²) in [7, 11) is 0. The van der Waals surface area contributed by atoms with Crippen molar-refractivity contribution in [3.05, 3.63) is 19.9 Å². The predicted molar refractivity (Wildman–Crippen MR) is 75.3 cm³/mol. The van der Waals surface area contributed by atoms with Crippen molar-refractivity contribution in [1.29, 1.82) is 0 Å². The van der Waals surface area contributed by atoms with Crippen LogP contribution in [0.4, 0.5) is 0 Å². The normalized spacial score (nSPS) is 5.53. The molecule has 34 heavy (non-hydrogen) atoms. The Morgan fingerprint density at radius 3 is 0.412 bits per heavy atom. The van der Waals surface area contributed by atoms with Crippen LogP contribution in [0.2, 0.25) is 0 Å². The van der Waals surface area contributed by atoms with E-state index in [1.54, 1.807) is 0 Å². The largest absolute Gasteiger partial charge is 0.412 e. The van der Waals surface area contributed by atoms with Crippen LogP contribution in [0.3, 0.4) is 0 Å². The van der Waals surface area contributed by atoms with E-state index in [0.29, 0.717) is 0 Å². The number of hydrogen-bond donors (Lipinski definition) is 14. The van der Waals surface area contributed by atoms with E-state index in [2.05, 4.69) is 60.5 Å². The van der Waals surface area contributed by atoms with Gasteiger partial charge in [-0.2, -0.15) is 0 Å². The van der Waals surface area contributed by atoms with Gasteiger partial charge in [0, 0.05) is 54.0 Å². The van der Waals surface area contributed by atoms with Gasteiger partial charge >= 0.3 is 0 Å². The van der Waals surface area contributed by atoms with Crippen LogP contribution in [0.5, 0.6) is 0 Å². The van der Waals surface area contributed by atoms with Crippen LogP contribution in [-0.4, -0.2) is 74.0 Å². The molecular formula is H22Fe2N2O30. The van der Waals surface area contributed by atoms with Crippen molar-refractivity contribution in [2.45, 2.75) is 0 Å². The van der Waals surface area contributed by atoms with Crippen molar-refractivity contribution in [3.63, 3.8) is 0 Å². The molecule has 0 aromatic rings. The Hall–Kier alpha value is -0.881. The van der Waals surface area contributed by atoms with Gasteiger partial charge in [-0.05, 0) is 50.4 Å². The van der Waals surface area contributed by atoms with Gasteiger partial charge in [0.15, 0.2) is 0 Å². The quantitative estimate of drug-likeness (QED) is 0.0853. The summed E-state index contributed by atoms with van der Waals surface area (Å²) in [6, 6.07) is 0. The van der Waals surface area contributed by atoms with Crippen molar-refractivity contribution in [1.82, 2.24) is 12.3 Å². The van der Waals surface area contributed by atoms with Crippen molar-refractivity contribution in [2.75, 3.05) is 0 Å². The molecule has 34 heteroatoms. The summed E-state index contributed by atoms with van der Waals surface area (Å²) >= 11 is 0. The Morgan fingerprint density at radius 1 is 0.324 bits per heavy atom. The average molecular weight is 642 g/mol. The molecule has 0 bridgehead atoms. The van der Waals surface area contributed by atoms with Crippen LogP contribution in [0.25, 0.3) is 0 Å². The third-order valence-electron chi connectivity index (χ3n) is 0.188. The summed E-state index contributed by atoms with van der Waals surface area (Å²) in [6.45, 7) is 0. The molecule has 0 aliphatic rings. The average Bonchev–Trinajstić information content (AvgIpc) is 2.74. The van der Waals surface area contributed by atoms with Crippen LogP contribution in [0.15, 0.2) is 0 Å². The van der Waals surface area contributed by atoms with Crippen LogP contribution < -0.4 is 12.3 Å². The molecule has 22 N–H and O–H groups in total. The van der Waals surface area contributed by atoms with Crippen LogP contribution in [0.1, 0.15) is 0 Å². The maximum absolute atomic E-state index is 7.06. The molecule has 0 saturated heterocycles. The summed E-state index contributed by atoms with van der Waals surface area (Å²) in [5.41, 5.74) is 0. The zero-order chi connectivity index (χ0) is 24.5. The van der Waals surface area contributed by atoms with E-state index in [-0.39, 0.29) is 57.4 Å². The second-order valence-corrected chi connectivity index (χ2v) is 0.896. The van der Waals surface area contributed by atoms with Gasteiger partial charge in [0.05, 0.1) is 0 Å². The second kappa shape index (κ2) is 252. The molecule has 0 aromatic heterocycles. The minimum absolute atomic E-state index is 0. The van der Waals surface area contributed by atoms with Gasteiger partial charge in [-0.1, -0.05) is 10.1 Å². The van der Waals surface area contributed by atoms with Crippen LogP contribution in [0, 0.1) is 19.9 Å². The molecule has 32 nitrogen and oxygen atoms in total. The molecular weight excluding hydrogens is 620 g/mol. The molecule has 228 valence electrons. The molecule has 0 fully saturated rings. The van der Waals surface area contributed by atoms with E-state index in [4.69, 9.17) is 82.9 Å². The van der Waals surface area contributed by atoms with E-state index in [0.717, 1.165) is 0 Å². The standard InChI is InChI=1S/2Fe.2H3N.2H2O5.2H2O4.2H2O3.2O2.2H2O/c;;;;2*1-3-5-4-2;2*1-3-4-2;2*1-3-2;2*1-2;;/h;;2*1H3;2*1-2H;2*1-2H;2*1-2H;;;2*1H2. The Balaban J connectivity index is -0.0000000111. The Bertz CT molecular complexity index is 106. The van der Waals surface area contributed by atoms with Crippen molar-refractivity contribution < 1.29 is 169 Å². The summed E-state index contributed by atoms with van der Waals surface area (Å²) in [5.74, 6) is 0. The summed E-state index contributed by atoms with van der Waals surface area (Å²) in [4.78, 5) is 28.0. The van der Waals surface area contributed by atoms with Crippen molar-refractivity contribution in [3.8, 4) is 0 Å². The zero-order valence-corrected chi connectivity index (χ0v) is 17.2. The van der Waals surface area contributed by atoms with Gasteiger partial charge < -0.3 is 23.3 Å². The third kappa shape index (κ3) is 1080. The van der Waals surface area contributed by atoms with E-state index in [1.807, 2.05) is 0 Å². The molecule has 0 unspecified atom stereocenters. The maximum atomic E-state index is 7.06. The minimum atomic E-state index is 0. The first-order valence-corrected chi connectivity index (χ1v) is 3.52. The summed E-state index contributed by atoms with van der Waals surface area (Å²) in [6.07, 6.45) is 0. The predicted octanol–water partition coefficient (Wildman–Crippen LogP) is -1.91. The van der Waals surface area contributed by atoms with E-state index in [1.165, 1.54) is 0 Å². The fourth-order valence-corrected chi connectivity index (χ4v) is 0.0272. The van der Waals surface area contributed by atoms with Crippen molar-refractivity contribution in [2.24, 2.45) is 0 Å². The topological polar surface area (TPSA) is 555 Å². The van der Waals surface area contributed by atoms with Gasteiger partial charge in [-0.15, -0.1) is 0 Å². The van der Waals surface area contributed by atoms with E-state index in [9.17, 15) is 0 Å². The first-order chi connectivity index (χ1) is 13.5. The zero-order valence-electron chi connectivity index (χ0n) is 15.0. The Kier molecular flexibility index (Phi) is 692. The monoisotopic (exact) mass is 642 g/mol. The van der Waals surface area contributed by atoms with E-state index < -0.39 is 0 Å². The molecule has 0 aliphatic heterocycles. The number of rotatable bonds is 6. The first-order valence-electron chi connectivity index (χ1n) is 3.52. The van der Waals surface area contributed by atoms with Crippen LogP contribution in [-0.2, 0) is 94.6 Å². The fraction of sp³-hybridized carbons (Fsp3) is 0. The third-order valence-corrected chi connectivity index (χ3v) is 0.188. The molecule has 0 atom stereocenters. The number of hydrogen-bond acceptors (Lipinski definition) is 30. The Morgan fingerprint density at radius 2 is 0.412 bits per heavy atom. The Labute approximate surface area is 201 Å². The summed E-state index contributed by atoms with van der Waals surface area (Å²) in [5, 5.41) is 114. The molecule has 0 amide bonds. The molecule has 0 spiro atoms. The van der Waals surface area contributed by atoms with Gasteiger partial charge in [0.25, 0.3) is 0 Å². The van der Waals surface area contributed by atoms with Gasteiger partial charge in [0.2, 0.25) is 0 Å². The fourth-order valence-electron chi connectivity index (χ4n) is 0.0272. The SMILES string of the molecule is N.N.O.O.O=O.O=O.OOO.OOO.OOOO.OOOO.OOOOO.OOOOO.[Fe].[Fe]. The van der Waals surface area contributed by atoms with E-state index >= 15 is 0 Å².